The molecule has 0 unspecified atom stereocenters. The highest BCUT2D eigenvalue weighted by atomic mass is 18.2. The fourth-order valence-corrected chi connectivity index (χ4v) is 3.02. The Morgan fingerprint density at radius 2 is 1.74 bits per heavy atom. The van der Waals surface area contributed by atoms with Crippen LogP contribution in [0.1, 0.15) is 31.9 Å². The lowest BCUT2D eigenvalue weighted by Crippen LogP contribution is -2.20. The lowest BCUT2D eigenvalue weighted by molar-refractivity contribution is 0.262. The van der Waals surface area contributed by atoms with Crippen LogP contribution >= 0.6 is 0 Å². The van der Waals surface area contributed by atoms with E-state index in [0.29, 0.717) is 17.9 Å². The first kappa shape index (κ1) is 22.2. The van der Waals surface area contributed by atoms with Gasteiger partial charge in [-0.1, -0.05) is 51.1 Å². The number of benzene rings is 2. The molecule has 31 heavy (non-hydrogen) atoms. The van der Waals surface area contributed by atoms with Crippen molar-refractivity contribution in [2.75, 3.05) is 17.2 Å². The molecule has 0 fully saturated rings. The molecule has 0 radical (unpaired) electrons. The first-order valence-electron chi connectivity index (χ1n) is 9.98. The normalized spacial score (nSPS) is 11.1. The molecular weight excluding hydrogens is 396 g/mol. The number of anilines is 2. The van der Waals surface area contributed by atoms with Crippen molar-refractivity contribution < 1.29 is 19.0 Å². The number of nitrogens with zero attached hydrogens (tertiary/aromatic N) is 1. The third-order valence-electron chi connectivity index (χ3n) is 4.59. The van der Waals surface area contributed by atoms with Gasteiger partial charge in [0.25, 0.3) is 0 Å². The van der Waals surface area contributed by atoms with Crippen LogP contribution in [0.2, 0.25) is 0 Å². The molecule has 6 nitrogen and oxygen atoms in total. The Balaban J connectivity index is 1.66. The van der Waals surface area contributed by atoms with Crippen LogP contribution in [0, 0.1) is 5.95 Å². The fourth-order valence-electron chi connectivity index (χ4n) is 3.02. The number of urea groups is 1. The van der Waals surface area contributed by atoms with Crippen LogP contribution in [-0.4, -0.2) is 22.7 Å². The van der Waals surface area contributed by atoms with Gasteiger partial charge in [-0.25, -0.2) is 4.79 Å². The number of amides is 2. The van der Waals surface area contributed by atoms with Crippen molar-refractivity contribution in [1.82, 2.24) is 4.98 Å². The van der Waals surface area contributed by atoms with E-state index in [1.54, 1.807) is 24.3 Å². The van der Waals surface area contributed by atoms with Crippen LogP contribution in [0.15, 0.2) is 60.7 Å². The molecule has 2 amide bonds. The summed E-state index contributed by atoms with van der Waals surface area (Å²) in [6, 6.07) is 16.9. The van der Waals surface area contributed by atoms with Crippen LogP contribution in [0.25, 0.3) is 0 Å². The number of aliphatic hydroxyl groups is 1. The summed E-state index contributed by atoms with van der Waals surface area (Å²) in [6.45, 7) is 6.25. The van der Waals surface area contributed by atoms with Crippen molar-refractivity contribution in [3.8, 4) is 11.6 Å². The van der Waals surface area contributed by atoms with Gasteiger partial charge in [-0.15, -0.1) is 0 Å². The molecule has 2 aromatic carbocycles. The average Bonchev–Trinajstić information content (AvgIpc) is 2.71. The van der Waals surface area contributed by atoms with Crippen LogP contribution in [-0.2, 0) is 11.8 Å². The minimum absolute atomic E-state index is 0.0566. The third-order valence-corrected chi connectivity index (χ3v) is 4.59. The highest BCUT2D eigenvalue weighted by Crippen LogP contribution is 2.33. The lowest BCUT2D eigenvalue weighted by atomic mass is 9.86. The van der Waals surface area contributed by atoms with Crippen molar-refractivity contribution in [3.05, 3.63) is 77.7 Å². The van der Waals surface area contributed by atoms with Gasteiger partial charge in [-0.2, -0.15) is 9.37 Å². The Hall–Kier alpha value is -3.45. The molecule has 3 rings (SSSR count). The molecular formula is C24H26FN3O3. The molecule has 0 atom stereocenters. The second-order valence-electron chi connectivity index (χ2n) is 8.09. The number of carbonyl (C=O) groups excluding carboxylic acids is 1. The largest absolute Gasteiger partial charge is 0.439 e. The third kappa shape index (κ3) is 6.02. The van der Waals surface area contributed by atoms with Gasteiger partial charge in [-0.05, 0) is 41.7 Å². The van der Waals surface area contributed by atoms with Gasteiger partial charge < -0.3 is 20.5 Å². The molecule has 0 saturated heterocycles. The number of pyridine rings is 1. The van der Waals surface area contributed by atoms with Crippen LogP contribution in [0.5, 0.6) is 11.6 Å². The molecule has 3 aromatic rings. The highest BCUT2D eigenvalue weighted by molar-refractivity contribution is 5.99. The van der Waals surface area contributed by atoms with E-state index in [2.05, 4.69) is 36.4 Å². The number of para-hydroxylation sites is 1. The number of aromatic nitrogens is 1. The molecule has 0 bridgehead atoms. The summed E-state index contributed by atoms with van der Waals surface area (Å²) >= 11 is 0. The summed E-state index contributed by atoms with van der Waals surface area (Å²) in [5.41, 5.74) is 2.26. The summed E-state index contributed by atoms with van der Waals surface area (Å²) in [6.07, 6.45) is 0.540. The molecule has 1 aromatic heterocycles. The van der Waals surface area contributed by atoms with Crippen molar-refractivity contribution in [3.63, 3.8) is 0 Å². The van der Waals surface area contributed by atoms with Gasteiger partial charge in [0.15, 0.2) is 0 Å². The number of halogens is 1. The summed E-state index contributed by atoms with van der Waals surface area (Å²) in [7, 11) is 0. The summed E-state index contributed by atoms with van der Waals surface area (Å²) < 4.78 is 20.3. The lowest BCUT2D eigenvalue weighted by Gasteiger charge is -2.22. The second kappa shape index (κ2) is 9.57. The smallest absolute Gasteiger partial charge is 0.323 e. The predicted octanol–water partition coefficient (Wildman–Crippen LogP) is 5.49. The Bertz CT molecular complexity index is 1050. The van der Waals surface area contributed by atoms with E-state index in [0.717, 1.165) is 11.1 Å². The van der Waals surface area contributed by atoms with Gasteiger partial charge in [0.2, 0.25) is 11.8 Å². The van der Waals surface area contributed by atoms with Gasteiger partial charge >= 0.3 is 6.03 Å². The minimum Gasteiger partial charge on any atom is -0.439 e. The van der Waals surface area contributed by atoms with Gasteiger partial charge in [-0.3, -0.25) is 0 Å². The molecule has 0 aliphatic rings. The van der Waals surface area contributed by atoms with Crippen LogP contribution in [0.3, 0.4) is 0 Å². The van der Waals surface area contributed by atoms with Crippen LogP contribution in [0.4, 0.5) is 20.6 Å². The number of rotatable bonds is 6. The van der Waals surface area contributed by atoms with Crippen molar-refractivity contribution in [2.45, 2.75) is 32.6 Å². The molecule has 0 aliphatic carbocycles. The Morgan fingerprint density at radius 1 is 1.03 bits per heavy atom. The Kier molecular flexibility index (Phi) is 6.87. The summed E-state index contributed by atoms with van der Waals surface area (Å²) in [5.74, 6) is -0.149. The zero-order chi connectivity index (χ0) is 22.4. The average molecular weight is 422 g/mol. The first-order chi connectivity index (χ1) is 14.8. The Labute approximate surface area is 181 Å². The highest BCUT2D eigenvalue weighted by Gasteiger charge is 2.19. The summed E-state index contributed by atoms with van der Waals surface area (Å²) in [4.78, 5) is 16.0. The first-order valence-corrected chi connectivity index (χ1v) is 9.98. The molecule has 0 spiro atoms. The van der Waals surface area contributed by atoms with Crippen molar-refractivity contribution in [1.29, 1.82) is 0 Å². The minimum atomic E-state index is -0.848. The molecule has 0 saturated carbocycles. The standard InChI is InChI=1S/C24H26FN3O3/c1-24(2,3)18-6-4-5-7-20(18)31-21-13-12-19(22(25)28-21)27-23(30)26-17-10-8-16(9-11-17)14-15-29/h4-13,29H,14-15H2,1-3H3,(H2,26,27,30)/i25-1. The zero-order valence-electron chi connectivity index (χ0n) is 17.8. The Morgan fingerprint density at radius 3 is 2.39 bits per heavy atom. The predicted molar refractivity (Wildman–Crippen MR) is 119 cm³/mol. The van der Waals surface area contributed by atoms with Gasteiger partial charge in [0.1, 0.15) is 5.75 Å². The number of carbonyl (C=O) groups is 1. The van der Waals surface area contributed by atoms with Crippen LogP contribution < -0.4 is 15.4 Å². The van der Waals surface area contributed by atoms with E-state index in [9.17, 15) is 9.18 Å². The van der Waals surface area contributed by atoms with E-state index in [1.807, 2.05) is 24.3 Å². The van der Waals surface area contributed by atoms with Gasteiger partial charge in [0.05, 0.1) is 5.69 Å². The van der Waals surface area contributed by atoms with Crippen molar-refractivity contribution >= 4 is 17.4 Å². The van der Waals surface area contributed by atoms with E-state index in [1.165, 1.54) is 12.1 Å². The SMILES string of the molecule is CC(C)(C)c1ccccc1Oc1ccc(NC(=O)Nc2ccc(CCO)cc2)c([18F])n1. The topological polar surface area (TPSA) is 83.5 Å². The molecule has 7 heteroatoms. The summed E-state index contributed by atoms with van der Waals surface area (Å²) in [5, 5.41) is 14.0. The molecule has 0 aliphatic heterocycles. The van der Waals surface area contributed by atoms with Gasteiger partial charge in [0, 0.05) is 23.9 Å². The fraction of sp³-hybridized carbons (Fsp3) is 0.250. The van der Waals surface area contributed by atoms with E-state index >= 15 is 0 Å². The number of hydrogen-bond acceptors (Lipinski definition) is 4. The number of aliphatic hydroxyl groups excluding tert-OH is 1. The molecule has 162 valence electrons. The quantitative estimate of drug-likeness (QED) is 0.459. The van der Waals surface area contributed by atoms with E-state index < -0.39 is 12.0 Å². The van der Waals surface area contributed by atoms with Crippen molar-refractivity contribution in [2.24, 2.45) is 0 Å². The monoisotopic (exact) mass is 422 g/mol. The number of hydrogen-bond donors (Lipinski definition) is 3. The number of nitrogens with one attached hydrogen (secondary N) is 2. The maximum absolute atomic E-state index is 14.5. The zero-order valence-corrected chi connectivity index (χ0v) is 17.8. The van der Waals surface area contributed by atoms with E-state index in [4.69, 9.17) is 9.84 Å². The maximum atomic E-state index is 14.5. The second-order valence-corrected chi connectivity index (χ2v) is 8.09. The molecule has 1 heterocycles. The van der Waals surface area contributed by atoms with E-state index in [-0.39, 0.29) is 23.6 Å². The molecule has 3 N–H and O–H groups in total. The maximum Gasteiger partial charge on any atom is 0.323 e. The number of ether oxygens (including phenoxy) is 1.